The molecule has 2 aromatic heterocycles. The van der Waals surface area contributed by atoms with E-state index in [0.29, 0.717) is 19.0 Å². The molecule has 0 unspecified atom stereocenters. The van der Waals surface area contributed by atoms with E-state index in [9.17, 15) is 4.39 Å². The zero-order valence-electron chi connectivity index (χ0n) is 13.7. The van der Waals surface area contributed by atoms with Crippen molar-refractivity contribution in [2.45, 2.75) is 12.8 Å². The second kappa shape index (κ2) is 9.36. The number of benzene rings is 1. The first kappa shape index (κ1) is 19.2. The van der Waals surface area contributed by atoms with Crippen LogP contribution in [0.2, 0.25) is 0 Å². The molecule has 25 heavy (non-hydrogen) atoms. The second-order valence-electron chi connectivity index (χ2n) is 5.52. The Kier molecular flexibility index (Phi) is 7.17. The van der Waals surface area contributed by atoms with Crippen molar-refractivity contribution in [1.29, 1.82) is 0 Å². The van der Waals surface area contributed by atoms with Crippen LogP contribution >= 0.6 is 24.0 Å². The van der Waals surface area contributed by atoms with E-state index in [4.69, 9.17) is 5.73 Å². The third-order valence-corrected chi connectivity index (χ3v) is 3.81. The summed E-state index contributed by atoms with van der Waals surface area (Å²) in [6.45, 7) is 1.23. The summed E-state index contributed by atoms with van der Waals surface area (Å²) in [5.41, 5.74) is 8.85. The van der Waals surface area contributed by atoms with Crippen molar-refractivity contribution in [3.8, 4) is 0 Å². The summed E-state index contributed by atoms with van der Waals surface area (Å²) in [4.78, 5) is 11.7. The fourth-order valence-electron chi connectivity index (χ4n) is 2.58. The Hall–Kier alpha value is -2.16. The van der Waals surface area contributed by atoms with E-state index >= 15 is 0 Å². The van der Waals surface area contributed by atoms with E-state index in [-0.39, 0.29) is 29.8 Å². The molecule has 0 saturated heterocycles. The predicted molar refractivity (Wildman–Crippen MR) is 110 cm³/mol. The number of fused-ring (bicyclic) bond motifs is 1. The maximum Gasteiger partial charge on any atom is 0.188 e. The molecule has 132 valence electrons. The lowest BCUT2D eigenvalue weighted by molar-refractivity contribution is 0.629. The first-order valence-electron chi connectivity index (χ1n) is 7.91. The third kappa shape index (κ3) is 5.42. The molecule has 0 radical (unpaired) electrons. The van der Waals surface area contributed by atoms with Crippen LogP contribution in [0.1, 0.15) is 11.3 Å². The van der Waals surface area contributed by atoms with Crippen LogP contribution in [0.5, 0.6) is 0 Å². The highest BCUT2D eigenvalue weighted by molar-refractivity contribution is 14.0. The number of H-pyrrole nitrogens is 1. The molecule has 2 heterocycles. The second-order valence-corrected chi connectivity index (χ2v) is 5.52. The molecule has 0 fully saturated rings. The summed E-state index contributed by atoms with van der Waals surface area (Å²) in [5.74, 6) is 0.184. The Bertz CT molecular complexity index is 832. The van der Waals surface area contributed by atoms with Gasteiger partial charge in [-0.25, -0.2) is 4.39 Å². The monoisotopic (exact) mass is 453 g/mol. The predicted octanol–water partition coefficient (Wildman–Crippen LogP) is 3.01. The van der Waals surface area contributed by atoms with E-state index in [2.05, 4.69) is 20.3 Å². The molecule has 5 nitrogen and oxygen atoms in total. The van der Waals surface area contributed by atoms with Gasteiger partial charge < -0.3 is 16.0 Å². The number of aliphatic imine (C=N–C) groups is 1. The number of nitrogens with two attached hydrogens (primary N) is 1. The molecular weight excluding hydrogens is 432 g/mol. The molecule has 7 heteroatoms. The molecule has 0 aliphatic rings. The van der Waals surface area contributed by atoms with Gasteiger partial charge in [0.25, 0.3) is 0 Å². The normalized spacial score (nSPS) is 11.3. The molecule has 4 N–H and O–H groups in total. The number of hydrogen-bond acceptors (Lipinski definition) is 2. The molecule has 1 aromatic carbocycles. The van der Waals surface area contributed by atoms with Gasteiger partial charge in [0.15, 0.2) is 5.96 Å². The van der Waals surface area contributed by atoms with Gasteiger partial charge in [0.2, 0.25) is 0 Å². The van der Waals surface area contributed by atoms with Gasteiger partial charge >= 0.3 is 0 Å². The van der Waals surface area contributed by atoms with E-state index < -0.39 is 0 Å². The summed E-state index contributed by atoms with van der Waals surface area (Å²) in [7, 11) is 0. The average molecular weight is 453 g/mol. The zero-order valence-corrected chi connectivity index (χ0v) is 16.0. The highest BCUT2D eigenvalue weighted by Gasteiger charge is 2.04. The van der Waals surface area contributed by atoms with Crippen LogP contribution in [0.4, 0.5) is 4.39 Å². The number of nitrogens with one attached hydrogen (secondary N) is 2. The number of aromatic nitrogens is 2. The lowest BCUT2D eigenvalue weighted by Gasteiger charge is -2.05. The molecule has 0 aliphatic carbocycles. The van der Waals surface area contributed by atoms with Crippen LogP contribution in [-0.4, -0.2) is 29.0 Å². The van der Waals surface area contributed by atoms with E-state index in [1.165, 1.54) is 6.07 Å². The van der Waals surface area contributed by atoms with E-state index in [1.807, 2.05) is 24.4 Å². The number of pyridine rings is 1. The number of aromatic amines is 1. The zero-order chi connectivity index (χ0) is 16.8. The minimum absolute atomic E-state index is 0. The topological polar surface area (TPSA) is 79.1 Å². The largest absolute Gasteiger partial charge is 0.370 e. The minimum Gasteiger partial charge on any atom is -0.370 e. The average Bonchev–Trinajstić information content (AvgIpc) is 2.98. The maximum atomic E-state index is 13.4. The van der Waals surface area contributed by atoms with Crippen molar-refractivity contribution in [2.24, 2.45) is 10.7 Å². The van der Waals surface area contributed by atoms with Crippen LogP contribution < -0.4 is 11.1 Å². The van der Waals surface area contributed by atoms with Gasteiger partial charge in [-0.3, -0.25) is 9.98 Å². The summed E-state index contributed by atoms with van der Waals surface area (Å²) in [6.07, 6.45) is 5.16. The summed E-state index contributed by atoms with van der Waals surface area (Å²) < 4.78 is 13.4. The maximum absolute atomic E-state index is 13.4. The minimum atomic E-state index is -0.230. The van der Waals surface area contributed by atoms with Gasteiger partial charge in [-0.05, 0) is 42.3 Å². The number of rotatable bonds is 6. The standard InChI is InChI=1S/C18H20FN5.HI/c19-14-4-5-17-16(11-14)13(12-24-17)6-9-22-18(20)23-10-7-15-3-1-2-8-21-15;/h1-5,8,11-12,24H,6-7,9-10H2,(H3,20,22,23);1H. The van der Waals surface area contributed by atoms with Crippen molar-refractivity contribution < 1.29 is 4.39 Å². The first-order chi connectivity index (χ1) is 11.7. The molecule has 0 amide bonds. The van der Waals surface area contributed by atoms with Crippen molar-refractivity contribution in [2.75, 3.05) is 13.1 Å². The van der Waals surface area contributed by atoms with E-state index in [1.54, 1.807) is 18.3 Å². The van der Waals surface area contributed by atoms with Crippen LogP contribution in [0.3, 0.4) is 0 Å². The first-order valence-corrected chi connectivity index (χ1v) is 7.91. The molecule has 0 aliphatic heterocycles. The molecule has 0 spiro atoms. The summed E-state index contributed by atoms with van der Waals surface area (Å²) in [5, 5.41) is 3.99. The third-order valence-electron chi connectivity index (χ3n) is 3.81. The Morgan fingerprint density at radius 1 is 1.24 bits per heavy atom. The van der Waals surface area contributed by atoms with Gasteiger partial charge in [0, 0.05) is 48.5 Å². The van der Waals surface area contributed by atoms with Crippen molar-refractivity contribution in [3.05, 3.63) is 65.9 Å². The molecule has 3 aromatic rings. The molecular formula is C18H21FIN5. The Labute approximate surface area is 163 Å². The summed E-state index contributed by atoms with van der Waals surface area (Å²) in [6, 6.07) is 10.6. The van der Waals surface area contributed by atoms with Gasteiger partial charge in [-0.1, -0.05) is 6.07 Å². The lowest BCUT2D eigenvalue weighted by atomic mass is 10.1. The quantitative estimate of drug-likeness (QED) is 0.305. The highest BCUT2D eigenvalue weighted by atomic mass is 127. The molecule has 3 rings (SSSR count). The number of guanidine groups is 1. The Morgan fingerprint density at radius 2 is 2.12 bits per heavy atom. The molecule has 0 saturated carbocycles. The van der Waals surface area contributed by atoms with Crippen LogP contribution in [0, 0.1) is 5.82 Å². The van der Waals surface area contributed by atoms with Crippen molar-refractivity contribution >= 4 is 40.8 Å². The number of nitrogens with zero attached hydrogens (tertiary/aromatic N) is 2. The number of halogens is 2. The van der Waals surface area contributed by atoms with Crippen molar-refractivity contribution in [3.63, 3.8) is 0 Å². The number of hydrogen-bond donors (Lipinski definition) is 3. The lowest BCUT2D eigenvalue weighted by Crippen LogP contribution is -2.33. The van der Waals surface area contributed by atoms with Gasteiger partial charge in [-0.2, -0.15) is 0 Å². The smallest absolute Gasteiger partial charge is 0.188 e. The van der Waals surface area contributed by atoms with Gasteiger partial charge in [-0.15, -0.1) is 24.0 Å². The van der Waals surface area contributed by atoms with Crippen LogP contribution in [-0.2, 0) is 12.8 Å². The molecule has 0 bridgehead atoms. The Balaban J connectivity index is 0.00000225. The fourth-order valence-corrected chi connectivity index (χ4v) is 2.58. The van der Waals surface area contributed by atoms with Crippen molar-refractivity contribution in [1.82, 2.24) is 15.3 Å². The SMILES string of the molecule is I.NC(=NCCc1ccccn1)NCCc1c[nH]c2ccc(F)cc12. The summed E-state index contributed by atoms with van der Waals surface area (Å²) >= 11 is 0. The van der Waals surface area contributed by atoms with Gasteiger partial charge in [0.05, 0.1) is 0 Å². The Morgan fingerprint density at radius 3 is 2.92 bits per heavy atom. The van der Waals surface area contributed by atoms with Crippen LogP contribution in [0.25, 0.3) is 10.9 Å². The van der Waals surface area contributed by atoms with E-state index in [0.717, 1.165) is 35.0 Å². The van der Waals surface area contributed by atoms with Gasteiger partial charge in [0.1, 0.15) is 5.82 Å². The molecule has 0 atom stereocenters. The fraction of sp³-hybridized carbons (Fsp3) is 0.222. The highest BCUT2D eigenvalue weighted by Crippen LogP contribution is 2.19. The van der Waals surface area contributed by atoms with Crippen LogP contribution in [0.15, 0.2) is 53.8 Å².